The second-order valence-corrected chi connectivity index (χ2v) is 9.48. The van der Waals surface area contributed by atoms with E-state index in [0.717, 1.165) is 0 Å². The minimum absolute atomic E-state index is 0.0239. The van der Waals surface area contributed by atoms with Crippen molar-refractivity contribution in [3.05, 3.63) is 129 Å². The molecule has 4 aromatic carbocycles. The van der Waals surface area contributed by atoms with Crippen molar-refractivity contribution in [1.29, 1.82) is 0 Å². The minimum Gasteiger partial charge on any atom is -0.454 e. The summed E-state index contributed by atoms with van der Waals surface area (Å²) in [6.07, 6.45) is 2.94. The van der Waals surface area contributed by atoms with Crippen LogP contribution in [0.3, 0.4) is 0 Å². The Labute approximate surface area is 243 Å². The molecule has 0 spiro atoms. The molecule has 0 unspecified atom stereocenters. The molecule has 10 heteroatoms. The molecular weight excluding hydrogens is 590 g/mol. The fraction of sp³-hybridized carbons (Fsp3) is 0.0323. The van der Waals surface area contributed by atoms with Crippen LogP contribution in [0.2, 0.25) is 0 Å². The molecule has 0 bridgehead atoms. The summed E-state index contributed by atoms with van der Waals surface area (Å²) in [5, 5.41) is 6.67. The molecule has 41 heavy (non-hydrogen) atoms. The van der Waals surface area contributed by atoms with Gasteiger partial charge < -0.3 is 19.5 Å². The molecule has 4 aromatic rings. The largest absolute Gasteiger partial charge is 0.454 e. The van der Waals surface area contributed by atoms with Crippen molar-refractivity contribution in [2.45, 2.75) is 0 Å². The number of hydrogen-bond donors (Lipinski definition) is 2. The van der Waals surface area contributed by atoms with E-state index in [1.165, 1.54) is 12.3 Å². The first-order chi connectivity index (χ1) is 20.0. The summed E-state index contributed by atoms with van der Waals surface area (Å²) in [6.45, 7) is 0.115. The summed E-state index contributed by atoms with van der Waals surface area (Å²) in [5.41, 5.74) is 4.46. The highest BCUT2D eigenvalue weighted by atomic mass is 79.9. The summed E-state index contributed by atoms with van der Waals surface area (Å²) in [5.74, 6) is -0.0993. The van der Waals surface area contributed by atoms with Crippen molar-refractivity contribution in [3.8, 4) is 17.2 Å². The summed E-state index contributed by atoms with van der Waals surface area (Å²) in [6, 6.07) is 27.3. The smallest absolute Gasteiger partial charge is 0.344 e. The second kappa shape index (κ2) is 12.8. The zero-order valence-corrected chi connectivity index (χ0v) is 23.0. The Morgan fingerprint density at radius 3 is 2.32 bits per heavy atom. The van der Waals surface area contributed by atoms with Crippen LogP contribution in [-0.2, 0) is 4.79 Å². The van der Waals surface area contributed by atoms with Crippen molar-refractivity contribution in [2.24, 2.45) is 5.10 Å². The number of ether oxygens (including phenoxy) is 3. The van der Waals surface area contributed by atoms with Crippen LogP contribution in [0.5, 0.6) is 17.2 Å². The zero-order valence-electron chi connectivity index (χ0n) is 21.4. The lowest BCUT2D eigenvalue weighted by molar-refractivity contribution is -0.117. The lowest BCUT2D eigenvalue weighted by atomic mass is 10.1. The van der Waals surface area contributed by atoms with E-state index in [9.17, 15) is 14.4 Å². The van der Waals surface area contributed by atoms with Gasteiger partial charge in [0, 0.05) is 10.0 Å². The van der Waals surface area contributed by atoms with Crippen LogP contribution < -0.4 is 25.0 Å². The Kier molecular flexibility index (Phi) is 8.51. The van der Waals surface area contributed by atoms with Gasteiger partial charge in [0.05, 0.1) is 11.8 Å². The summed E-state index contributed by atoms with van der Waals surface area (Å²) in [7, 11) is 0. The highest BCUT2D eigenvalue weighted by Gasteiger charge is 2.17. The van der Waals surface area contributed by atoms with E-state index in [1.807, 2.05) is 0 Å². The molecule has 0 aliphatic carbocycles. The first kappa shape index (κ1) is 27.4. The number of hydrazone groups is 1. The number of fused-ring (bicyclic) bond motifs is 1. The van der Waals surface area contributed by atoms with Crippen LogP contribution >= 0.6 is 15.9 Å². The van der Waals surface area contributed by atoms with Gasteiger partial charge in [-0.25, -0.2) is 10.2 Å². The Bertz CT molecular complexity index is 1650. The Balaban J connectivity index is 1.26. The van der Waals surface area contributed by atoms with Crippen molar-refractivity contribution < 1.29 is 28.6 Å². The van der Waals surface area contributed by atoms with Crippen LogP contribution in [0.4, 0.5) is 0 Å². The number of halogens is 1. The van der Waals surface area contributed by atoms with Crippen molar-refractivity contribution in [2.75, 3.05) is 6.79 Å². The van der Waals surface area contributed by atoms with Crippen LogP contribution in [0.15, 0.2) is 112 Å². The van der Waals surface area contributed by atoms with Gasteiger partial charge in [-0.15, -0.1) is 0 Å². The lowest BCUT2D eigenvalue weighted by Gasteiger charge is -2.09. The van der Waals surface area contributed by atoms with Crippen molar-refractivity contribution in [1.82, 2.24) is 10.7 Å². The standard InChI is InChI=1S/C31H22BrN3O6/c32-25-9-5-4-8-24(25)31(38)41-23-13-10-20(11-14-23)18-33-35-30(37)26(34-29(36)22-6-2-1-3-7-22)16-21-12-15-27-28(17-21)40-19-39-27/h1-18H,19H2,(H,34,36)(H,35,37)/b26-16+,33-18-. The number of hydrogen-bond acceptors (Lipinski definition) is 7. The Morgan fingerprint density at radius 1 is 0.829 bits per heavy atom. The third-order valence-corrected chi connectivity index (χ3v) is 6.49. The molecule has 204 valence electrons. The molecule has 1 aliphatic heterocycles. The highest BCUT2D eigenvalue weighted by molar-refractivity contribution is 9.10. The molecule has 0 aromatic heterocycles. The minimum atomic E-state index is -0.637. The fourth-order valence-corrected chi connectivity index (χ4v) is 4.19. The maximum atomic E-state index is 13.1. The number of rotatable bonds is 8. The predicted molar refractivity (Wildman–Crippen MR) is 156 cm³/mol. The summed E-state index contributed by atoms with van der Waals surface area (Å²) in [4.78, 5) is 38.3. The molecule has 9 nitrogen and oxygen atoms in total. The molecule has 0 fully saturated rings. The Morgan fingerprint density at radius 2 is 1.54 bits per heavy atom. The van der Waals surface area contributed by atoms with E-state index in [-0.39, 0.29) is 12.5 Å². The van der Waals surface area contributed by atoms with Crippen molar-refractivity contribution in [3.63, 3.8) is 0 Å². The average molecular weight is 612 g/mol. The molecular formula is C31H22BrN3O6. The normalized spacial score (nSPS) is 12.2. The summed E-state index contributed by atoms with van der Waals surface area (Å²) >= 11 is 3.34. The molecule has 0 radical (unpaired) electrons. The SMILES string of the molecule is O=C(N/N=C\c1ccc(OC(=O)c2ccccc2Br)cc1)/C(=C\c1ccc2c(c1)OCO2)NC(=O)c1ccccc1. The topological polar surface area (TPSA) is 115 Å². The fourth-order valence-electron chi connectivity index (χ4n) is 3.75. The highest BCUT2D eigenvalue weighted by Crippen LogP contribution is 2.33. The lowest BCUT2D eigenvalue weighted by Crippen LogP contribution is -2.32. The van der Waals surface area contributed by atoms with Gasteiger partial charge in [0.1, 0.15) is 11.4 Å². The van der Waals surface area contributed by atoms with Gasteiger partial charge in [0.25, 0.3) is 11.8 Å². The Hall–Kier alpha value is -5.22. The molecule has 0 saturated carbocycles. The molecule has 0 saturated heterocycles. The molecule has 2 amide bonds. The van der Waals surface area contributed by atoms with Crippen molar-refractivity contribution >= 4 is 46.0 Å². The van der Waals surface area contributed by atoms with Crippen LogP contribution in [0, 0.1) is 0 Å². The number of nitrogens with zero attached hydrogens (tertiary/aromatic N) is 1. The van der Waals surface area contributed by atoms with Crippen LogP contribution in [0.25, 0.3) is 6.08 Å². The van der Waals surface area contributed by atoms with Gasteiger partial charge in [0.2, 0.25) is 6.79 Å². The van der Waals surface area contributed by atoms with Gasteiger partial charge in [-0.05, 0) is 93.8 Å². The number of carbonyl (C=O) groups is 3. The monoisotopic (exact) mass is 611 g/mol. The number of nitrogens with one attached hydrogen (secondary N) is 2. The summed E-state index contributed by atoms with van der Waals surface area (Å²) < 4.78 is 16.8. The number of amides is 2. The van der Waals surface area contributed by atoms with E-state index in [1.54, 1.807) is 97.1 Å². The van der Waals surface area contributed by atoms with Crippen LogP contribution in [-0.4, -0.2) is 30.8 Å². The molecule has 0 atom stereocenters. The zero-order chi connectivity index (χ0) is 28.6. The van der Waals surface area contributed by atoms with Gasteiger partial charge in [-0.1, -0.05) is 36.4 Å². The van der Waals surface area contributed by atoms with Gasteiger partial charge >= 0.3 is 5.97 Å². The molecule has 5 rings (SSSR count). The number of esters is 1. The molecule has 2 N–H and O–H groups in total. The predicted octanol–water partition coefficient (Wildman–Crippen LogP) is 5.32. The van der Waals surface area contributed by atoms with Gasteiger partial charge in [-0.3, -0.25) is 9.59 Å². The first-order valence-corrected chi connectivity index (χ1v) is 13.1. The van der Waals surface area contributed by atoms with E-state index in [0.29, 0.717) is 44.0 Å². The van der Waals surface area contributed by atoms with E-state index in [4.69, 9.17) is 14.2 Å². The first-order valence-electron chi connectivity index (χ1n) is 12.3. The number of carbonyl (C=O) groups excluding carboxylic acids is 3. The molecule has 1 aliphatic rings. The van der Waals surface area contributed by atoms with E-state index < -0.39 is 17.8 Å². The van der Waals surface area contributed by atoms with Crippen LogP contribution in [0.1, 0.15) is 31.8 Å². The quantitative estimate of drug-likeness (QED) is 0.0916. The third-order valence-electron chi connectivity index (χ3n) is 5.80. The second-order valence-electron chi connectivity index (χ2n) is 8.63. The van der Waals surface area contributed by atoms with E-state index >= 15 is 0 Å². The number of benzene rings is 4. The maximum Gasteiger partial charge on any atom is 0.344 e. The van der Waals surface area contributed by atoms with E-state index in [2.05, 4.69) is 31.8 Å². The van der Waals surface area contributed by atoms with Gasteiger partial charge in [-0.2, -0.15) is 5.10 Å². The molecule has 1 heterocycles. The average Bonchev–Trinajstić information content (AvgIpc) is 3.46. The third kappa shape index (κ3) is 7.06. The maximum absolute atomic E-state index is 13.1. The van der Waals surface area contributed by atoms with Gasteiger partial charge in [0.15, 0.2) is 11.5 Å².